The van der Waals surface area contributed by atoms with Gasteiger partial charge >= 0.3 is 0 Å². The molecule has 0 spiro atoms. The Balaban J connectivity index is 1.49. The summed E-state index contributed by atoms with van der Waals surface area (Å²) in [6.07, 6.45) is 8.29. The Hall–Kier alpha value is -3.08. The highest BCUT2D eigenvalue weighted by molar-refractivity contribution is 5.87. The molecule has 0 aliphatic carbocycles. The molecule has 176 valence electrons. The first-order valence-corrected chi connectivity index (χ1v) is 12.2. The molecule has 0 bridgehead atoms. The van der Waals surface area contributed by atoms with Crippen molar-refractivity contribution >= 4 is 16.9 Å². The standard InChI is InChI=1S/C28H37N3O2/c1-4-11-28(32)29-19-9-5-6-14-27-30-25-12-7-8-13-26(25)31(27)20-10-21-33-24-17-15-23(16-18-24)22(2)3/h4,7-8,11-13,15-18,22H,5-6,9-10,14,19-21H2,1-3H3,(H,29,32)/b11-4+. The average molecular weight is 448 g/mol. The fourth-order valence-electron chi connectivity index (χ4n) is 3.93. The smallest absolute Gasteiger partial charge is 0.243 e. The molecule has 1 amide bonds. The lowest BCUT2D eigenvalue weighted by molar-refractivity contribution is -0.116. The highest BCUT2D eigenvalue weighted by Gasteiger charge is 2.10. The van der Waals surface area contributed by atoms with Crippen LogP contribution in [0.3, 0.4) is 0 Å². The number of carbonyl (C=O) groups excluding carboxylic acids is 1. The van der Waals surface area contributed by atoms with E-state index in [1.807, 2.05) is 13.0 Å². The van der Waals surface area contributed by atoms with Crippen LogP contribution in [0.2, 0.25) is 0 Å². The number of allylic oxidation sites excluding steroid dienone is 1. The Bertz CT molecular complexity index is 1030. The van der Waals surface area contributed by atoms with Gasteiger partial charge in [0.1, 0.15) is 11.6 Å². The molecule has 0 saturated carbocycles. The molecule has 0 fully saturated rings. The van der Waals surface area contributed by atoms with Gasteiger partial charge in [0, 0.05) is 19.5 Å². The van der Waals surface area contributed by atoms with Crippen molar-refractivity contribution in [1.29, 1.82) is 0 Å². The number of ether oxygens (including phenoxy) is 1. The lowest BCUT2D eigenvalue weighted by atomic mass is 10.0. The third-order valence-electron chi connectivity index (χ3n) is 5.77. The number of amides is 1. The molecule has 0 radical (unpaired) electrons. The van der Waals surface area contributed by atoms with Crippen LogP contribution < -0.4 is 10.1 Å². The zero-order chi connectivity index (χ0) is 23.5. The largest absolute Gasteiger partial charge is 0.494 e. The Morgan fingerprint density at radius 2 is 1.85 bits per heavy atom. The van der Waals surface area contributed by atoms with Gasteiger partial charge in [0.15, 0.2) is 0 Å². The first kappa shape index (κ1) is 24.6. The zero-order valence-electron chi connectivity index (χ0n) is 20.2. The van der Waals surface area contributed by atoms with Crippen LogP contribution in [-0.4, -0.2) is 28.6 Å². The molecule has 1 N–H and O–H groups in total. The molecule has 2 aromatic carbocycles. The molecule has 0 aliphatic rings. The Morgan fingerprint density at radius 1 is 1.06 bits per heavy atom. The van der Waals surface area contributed by atoms with Crippen molar-refractivity contribution in [1.82, 2.24) is 14.9 Å². The van der Waals surface area contributed by atoms with Crippen LogP contribution in [0.4, 0.5) is 0 Å². The number of carbonyl (C=O) groups is 1. The second kappa shape index (κ2) is 12.8. The summed E-state index contributed by atoms with van der Waals surface area (Å²) in [4.78, 5) is 16.4. The fraction of sp³-hybridized carbons (Fsp3) is 0.429. The summed E-state index contributed by atoms with van der Waals surface area (Å²) in [5.74, 6) is 2.58. The maximum Gasteiger partial charge on any atom is 0.243 e. The van der Waals surface area contributed by atoms with E-state index < -0.39 is 0 Å². The van der Waals surface area contributed by atoms with E-state index in [0.29, 0.717) is 12.5 Å². The van der Waals surface area contributed by atoms with Gasteiger partial charge in [-0.1, -0.05) is 50.6 Å². The maximum atomic E-state index is 11.5. The molecule has 3 rings (SSSR count). The number of hydrogen-bond acceptors (Lipinski definition) is 3. The predicted octanol–water partition coefficient (Wildman–Crippen LogP) is 6.03. The summed E-state index contributed by atoms with van der Waals surface area (Å²) < 4.78 is 8.32. The summed E-state index contributed by atoms with van der Waals surface area (Å²) in [5, 5.41) is 2.91. The molecular weight excluding hydrogens is 410 g/mol. The van der Waals surface area contributed by atoms with Gasteiger partial charge in [0.2, 0.25) is 5.91 Å². The number of imidazole rings is 1. The van der Waals surface area contributed by atoms with E-state index in [1.54, 1.807) is 12.2 Å². The quantitative estimate of drug-likeness (QED) is 0.257. The van der Waals surface area contributed by atoms with Crippen molar-refractivity contribution in [2.45, 2.75) is 65.3 Å². The van der Waals surface area contributed by atoms with Gasteiger partial charge in [-0.15, -0.1) is 0 Å². The van der Waals surface area contributed by atoms with Crippen LogP contribution in [0.25, 0.3) is 11.0 Å². The monoisotopic (exact) mass is 447 g/mol. The van der Waals surface area contributed by atoms with Gasteiger partial charge in [0.05, 0.1) is 17.6 Å². The summed E-state index contributed by atoms with van der Waals surface area (Å²) in [6, 6.07) is 16.8. The van der Waals surface area contributed by atoms with Gasteiger partial charge in [-0.05, 0) is 68.0 Å². The average Bonchev–Trinajstić information content (AvgIpc) is 3.17. The zero-order valence-corrected chi connectivity index (χ0v) is 20.2. The van der Waals surface area contributed by atoms with Crippen LogP contribution in [0, 0.1) is 0 Å². The minimum Gasteiger partial charge on any atom is -0.494 e. The number of aryl methyl sites for hydroxylation is 2. The first-order valence-electron chi connectivity index (χ1n) is 12.2. The van der Waals surface area contributed by atoms with Gasteiger partial charge in [-0.2, -0.15) is 0 Å². The van der Waals surface area contributed by atoms with Crippen molar-refractivity contribution in [2.75, 3.05) is 13.2 Å². The van der Waals surface area contributed by atoms with E-state index in [0.717, 1.165) is 62.3 Å². The molecule has 0 saturated heterocycles. The Kier molecular flexibility index (Phi) is 9.55. The summed E-state index contributed by atoms with van der Waals surface area (Å²) in [5.41, 5.74) is 3.57. The van der Waals surface area contributed by atoms with E-state index in [4.69, 9.17) is 9.72 Å². The van der Waals surface area contributed by atoms with E-state index in [1.165, 1.54) is 11.1 Å². The van der Waals surface area contributed by atoms with Crippen molar-refractivity contribution in [3.63, 3.8) is 0 Å². The topological polar surface area (TPSA) is 56.2 Å². The lowest BCUT2D eigenvalue weighted by Gasteiger charge is -2.11. The van der Waals surface area contributed by atoms with Crippen molar-refractivity contribution < 1.29 is 9.53 Å². The molecular formula is C28H37N3O2. The molecule has 1 aromatic heterocycles. The highest BCUT2D eigenvalue weighted by Crippen LogP contribution is 2.20. The summed E-state index contributed by atoms with van der Waals surface area (Å²) in [6.45, 7) is 8.53. The van der Waals surface area contributed by atoms with Crippen LogP contribution >= 0.6 is 0 Å². The second-order valence-electron chi connectivity index (χ2n) is 8.70. The molecule has 1 heterocycles. The number of nitrogens with one attached hydrogen (secondary N) is 1. The third-order valence-corrected chi connectivity index (χ3v) is 5.77. The number of fused-ring (bicyclic) bond motifs is 1. The van der Waals surface area contributed by atoms with Gasteiger partial charge in [0.25, 0.3) is 0 Å². The lowest BCUT2D eigenvalue weighted by Crippen LogP contribution is -2.21. The maximum absolute atomic E-state index is 11.5. The molecule has 0 atom stereocenters. The molecule has 5 nitrogen and oxygen atoms in total. The number of unbranched alkanes of at least 4 members (excludes halogenated alkanes) is 2. The second-order valence-corrected chi connectivity index (χ2v) is 8.70. The minimum atomic E-state index is -0.0163. The van der Waals surface area contributed by atoms with Crippen LogP contribution in [0.5, 0.6) is 5.75 Å². The Morgan fingerprint density at radius 3 is 2.61 bits per heavy atom. The van der Waals surface area contributed by atoms with Gasteiger partial charge < -0.3 is 14.6 Å². The number of nitrogens with zero attached hydrogens (tertiary/aromatic N) is 2. The van der Waals surface area contributed by atoms with Crippen molar-refractivity contribution in [2.24, 2.45) is 0 Å². The first-order chi connectivity index (χ1) is 16.1. The van der Waals surface area contributed by atoms with Crippen LogP contribution in [0.15, 0.2) is 60.7 Å². The fourth-order valence-corrected chi connectivity index (χ4v) is 3.93. The minimum absolute atomic E-state index is 0.0163. The molecule has 0 aliphatic heterocycles. The summed E-state index contributed by atoms with van der Waals surface area (Å²) >= 11 is 0. The number of benzene rings is 2. The van der Waals surface area contributed by atoms with Gasteiger partial charge in [-0.25, -0.2) is 4.98 Å². The third kappa shape index (κ3) is 7.48. The Labute approximate surface area is 197 Å². The number of aromatic nitrogens is 2. The normalized spacial score (nSPS) is 11.5. The van der Waals surface area contributed by atoms with E-state index in [-0.39, 0.29) is 5.91 Å². The summed E-state index contributed by atoms with van der Waals surface area (Å²) in [7, 11) is 0. The number of para-hydroxylation sites is 2. The van der Waals surface area contributed by atoms with E-state index in [2.05, 4.69) is 66.2 Å². The van der Waals surface area contributed by atoms with Crippen molar-refractivity contribution in [3.8, 4) is 5.75 Å². The van der Waals surface area contributed by atoms with Gasteiger partial charge in [-0.3, -0.25) is 4.79 Å². The molecule has 5 heteroatoms. The SMILES string of the molecule is C/C=C/C(=O)NCCCCCc1nc2ccccc2n1CCCOc1ccc(C(C)C)cc1. The predicted molar refractivity (Wildman–Crippen MR) is 136 cm³/mol. The molecule has 0 unspecified atom stereocenters. The van der Waals surface area contributed by atoms with Crippen LogP contribution in [0.1, 0.15) is 63.8 Å². The van der Waals surface area contributed by atoms with Crippen molar-refractivity contribution in [3.05, 3.63) is 72.1 Å². The van der Waals surface area contributed by atoms with E-state index >= 15 is 0 Å². The van der Waals surface area contributed by atoms with E-state index in [9.17, 15) is 4.79 Å². The highest BCUT2D eigenvalue weighted by atomic mass is 16.5. The number of rotatable bonds is 13. The molecule has 3 aromatic rings. The number of hydrogen-bond donors (Lipinski definition) is 1. The van der Waals surface area contributed by atoms with Crippen LogP contribution in [-0.2, 0) is 17.8 Å². The molecule has 33 heavy (non-hydrogen) atoms.